The summed E-state index contributed by atoms with van der Waals surface area (Å²) in [5, 5.41) is 3.29. The van der Waals surface area contributed by atoms with E-state index < -0.39 is 0 Å². The molecule has 0 aliphatic heterocycles. The number of imidazole rings is 1. The van der Waals surface area contributed by atoms with Gasteiger partial charge in [-0.05, 0) is 75.0 Å². The second kappa shape index (κ2) is 8.47. The number of nitrogens with one attached hydrogen (secondary N) is 1. The maximum absolute atomic E-state index is 12.9. The Hall–Kier alpha value is -3.13. The lowest BCUT2D eigenvalue weighted by Gasteiger charge is -2.58. The van der Waals surface area contributed by atoms with E-state index in [4.69, 9.17) is 6.57 Å². The minimum Gasteiger partial charge on any atom is -0.349 e. The summed E-state index contributed by atoms with van der Waals surface area (Å²) in [6.07, 6.45) is 17.2. The van der Waals surface area contributed by atoms with Crippen molar-refractivity contribution in [3.63, 3.8) is 0 Å². The van der Waals surface area contributed by atoms with Gasteiger partial charge in [0.2, 0.25) is 0 Å². The normalized spacial score (nSPS) is 34.9. The molecule has 2 saturated carbocycles. The summed E-state index contributed by atoms with van der Waals surface area (Å²) < 4.78 is 2.28. The SMILES string of the molecule is [C-]#[N+]c1ccc(C(=O)N[C@H]2CC[C@@]3(C)C(=CCC4C3CC[C@]3(C)C(n5cnc(C)c5)=CCC43)C2)cc1. The van der Waals surface area contributed by atoms with E-state index in [1.165, 1.54) is 31.4 Å². The van der Waals surface area contributed by atoms with Gasteiger partial charge in [-0.25, -0.2) is 9.83 Å². The van der Waals surface area contributed by atoms with Crippen molar-refractivity contribution in [2.75, 3.05) is 0 Å². The molecular weight excluding hydrogens is 444 g/mol. The van der Waals surface area contributed by atoms with Gasteiger partial charge >= 0.3 is 0 Å². The molecule has 5 nitrogen and oxygen atoms in total. The third-order valence-corrected chi connectivity index (χ3v) is 10.2. The van der Waals surface area contributed by atoms with Gasteiger partial charge in [-0.2, -0.15) is 0 Å². The number of nitrogens with zero attached hydrogens (tertiary/aromatic N) is 3. The number of aromatic nitrogens is 2. The highest BCUT2D eigenvalue weighted by atomic mass is 16.1. The van der Waals surface area contributed by atoms with E-state index in [2.05, 4.69) is 58.8 Å². The lowest BCUT2D eigenvalue weighted by molar-refractivity contribution is -0.0137. The fourth-order valence-electron chi connectivity index (χ4n) is 8.24. The van der Waals surface area contributed by atoms with Crippen molar-refractivity contribution < 1.29 is 4.79 Å². The number of allylic oxidation sites excluding steroid dienone is 3. The zero-order valence-corrected chi connectivity index (χ0v) is 21.6. The van der Waals surface area contributed by atoms with Crippen LogP contribution in [0.25, 0.3) is 10.5 Å². The first-order valence-electron chi connectivity index (χ1n) is 13.5. The minimum absolute atomic E-state index is 0.0258. The van der Waals surface area contributed by atoms with Crippen LogP contribution in [0.1, 0.15) is 74.8 Å². The third kappa shape index (κ3) is 3.57. The van der Waals surface area contributed by atoms with Crippen LogP contribution in [0.3, 0.4) is 0 Å². The van der Waals surface area contributed by atoms with Crippen LogP contribution in [0.2, 0.25) is 0 Å². The Labute approximate surface area is 214 Å². The Bertz CT molecular complexity index is 1290. The second-order valence-corrected chi connectivity index (χ2v) is 12.0. The average Bonchev–Trinajstić information content (AvgIpc) is 3.46. The molecule has 5 heteroatoms. The molecule has 0 saturated heterocycles. The van der Waals surface area contributed by atoms with Crippen molar-refractivity contribution in [2.45, 2.75) is 71.8 Å². The molecule has 1 aromatic carbocycles. The van der Waals surface area contributed by atoms with Gasteiger partial charge in [-0.1, -0.05) is 55.8 Å². The van der Waals surface area contributed by atoms with Gasteiger partial charge < -0.3 is 9.88 Å². The van der Waals surface area contributed by atoms with Crippen molar-refractivity contribution in [3.8, 4) is 0 Å². The molecule has 0 spiro atoms. The molecule has 1 amide bonds. The zero-order valence-electron chi connectivity index (χ0n) is 21.6. The second-order valence-electron chi connectivity index (χ2n) is 12.0. The molecule has 2 fully saturated rings. The molecule has 3 unspecified atom stereocenters. The van der Waals surface area contributed by atoms with Gasteiger partial charge in [0, 0.05) is 28.9 Å². The standard InChI is InChI=1S/C31H36N4O/c1-20-18-35(19-33-20)28-12-11-26-25-10-7-22-17-24(34-29(36)21-5-8-23(32-4)9-6-21)13-15-30(22,2)27(25)14-16-31(26,28)3/h5-9,12,18-19,24-27H,10-11,13-17H2,1-3H3,(H,34,36)/t24-,25?,26?,27?,30-,31-/m0/s1. The van der Waals surface area contributed by atoms with E-state index in [1.807, 2.05) is 6.33 Å². The highest BCUT2D eigenvalue weighted by molar-refractivity contribution is 5.94. The fourth-order valence-corrected chi connectivity index (χ4v) is 8.24. The van der Waals surface area contributed by atoms with Gasteiger partial charge in [0.05, 0.1) is 18.6 Å². The van der Waals surface area contributed by atoms with Gasteiger partial charge in [0.25, 0.3) is 5.91 Å². The Kier molecular flexibility index (Phi) is 5.48. The molecule has 6 atom stereocenters. The number of hydrogen-bond donors (Lipinski definition) is 1. The van der Waals surface area contributed by atoms with E-state index in [0.717, 1.165) is 36.8 Å². The van der Waals surface area contributed by atoms with Crippen LogP contribution in [0, 0.1) is 42.1 Å². The first-order chi connectivity index (χ1) is 17.3. The van der Waals surface area contributed by atoms with E-state index in [-0.39, 0.29) is 22.8 Å². The van der Waals surface area contributed by atoms with Crippen LogP contribution in [0.4, 0.5) is 5.69 Å². The summed E-state index contributed by atoms with van der Waals surface area (Å²) in [6.45, 7) is 14.2. The number of hydrogen-bond acceptors (Lipinski definition) is 2. The predicted molar refractivity (Wildman–Crippen MR) is 142 cm³/mol. The van der Waals surface area contributed by atoms with Gasteiger partial charge in [0.1, 0.15) is 0 Å². The maximum Gasteiger partial charge on any atom is 0.251 e. The summed E-state index contributed by atoms with van der Waals surface area (Å²) in [5.41, 5.74) is 5.79. The number of amides is 1. The summed E-state index contributed by atoms with van der Waals surface area (Å²) in [5.74, 6) is 2.12. The lowest BCUT2D eigenvalue weighted by atomic mass is 9.47. The van der Waals surface area contributed by atoms with Crippen LogP contribution in [0.15, 0.2) is 54.5 Å². The largest absolute Gasteiger partial charge is 0.349 e. The topological polar surface area (TPSA) is 51.3 Å². The minimum atomic E-state index is -0.0258. The Morgan fingerprint density at radius 2 is 1.86 bits per heavy atom. The van der Waals surface area contributed by atoms with Crippen LogP contribution in [0.5, 0.6) is 0 Å². The molecule has 0 bridgehead atoms. The number of carbonyl (C=O) groups excluding carboxylic acids is 1. The summed E-state index contributed by atoms with van der Waals surface area (Å²) in [7, 11) is 0. The predicted octanol–water partition coefficient (Wildman–Crippen LogP) is 6.95. The molecule has 1 heterocycles. The zero-order chi connectivity index (χ0) is 25.1. The van der Waals surface area contributed by atoms with Crippen molar-refractivity contribution in [3.05, 3.63) is 77.2 Å². The van der Waals surface area contributed by atoms with Crippen LogP contribution in [-0.2, 0) is 0 Å². The van der Waals surface area contributed by atoms with Gasteiger partial charge in [-0.15, -0.1) is 0 Å². The van der Waals surface area contributed by atoms with E-state index >= 15 is 0 Å². The molecule has 1 aromatic heterocycles. The molecule has 186 valence electrons. The molecule has 0 radical (unpaired) electrons. The molecule has 4 aliphatic carbocycles. The summed E-state index contributed by atoms with van der Waals surface area (Å²) in [4.78, 5) is 20.8. The van der Waals surface area contributed by atoms with E-state index in [9.17, 15) is 4.79 Å². The number of benzene rings is 1. The average molecular weight is 481 g/mol. The summed E-state index contributed by atoms with van der Waals surface area (Å²) >= 11 is 0. The fraction of sp³-hybridized carbons (Fsp3) is 0.516. The molecule has 6 rings (SSSR count). The highest BCUT2D eigenvalue weighted by Gasteiger charge is 2.57. The Morgan fingerprint density at radius 1 is 1.08 bits per heavy atom. The lowest BCUT2D eigenvalue weighted by Crippen LogP contribution is -2.51. The summed E-state index contributed by atoms with van der Waals surface area (Å²) in [6, 6.07) is 7.14. The highest BCUT2D eigenvalue weighted by Crippen LogP contribution is 2.65. The van der Waals surface area contributed by atoms with Crippen LogP contribution < -0.4 is 5.32 Å². The molecular formula is C31H36N4O. The Morgan fingerprint density at radius 3 is 2.58 bits per heavy atom. The number of fused-ring (bicyclic) bond motifs is 5. The maximum atomic E-state index is 12.9. The van der Waals surface area contributed by atoms with Crippen molar-refractivity contribution >= 4 is 17.3 Å². The number of rotatable bonds is 3. The van der Waals surface area contributed by atoms with Gasteiger partial charge in [0.15, 0.2) is 5.69 Å². The number of aryl methyl sites for hydroxylation is 1. The molecule has 2 aromatic rings. The third-order valence-electron chi connectivity index (χ3n) is 10.2. The van der Waals surface area contributed by atoms with E-state index in [1.54, 1.807) is 29.8 Å². The molecule has 4 aliphatic rings. The van der Waals surface area contributed by atoms with Crippen molar-refractivity contribution in [2.24, 2.45) is 28.6 Å². The Balaban J connectivity index is 1.17. The van der Waals surface area contributed by atoms with Crippen molar-refractivity contribution in [1.29, 1.82) is 0 Å². The van der Waals surface area contributed by atoms with Crippen LogP contribution >= 0.6 is 0 Å². The molecule has 36 heavy (non-hydrogen) atoms. The van der Waals surface area contributed by atoms with Gasteiger partial charge in [-0.3, -0.25) is 4.79 Å². The van der Waals surface area contributed by atoms with Crippen molar-refractivity contribution in [1.82, 2.24) is 14.9 Å². The number of carbonyl (C=O) groups is 1. The van der Waals surface area contributed by atoms with Crippen LogP contribution in [-0.4, -0.2) is 21.5 Å². The molecule has 1 N–H and O–H groups in total. The first kappa shape index (κ1) is 23.3. The monoisotopic (exact) mass is 480 g/mol. The quantitative estimate of drug-likeness (QED) is 0.382. The first-order valence-corrected chi connectivity index (χ1v) is 13.5. The van der Waals surface area contributed by atoms with E-state index in [0.29, 0.717) is 17.2 Å². The smallest absolute Gasteiger partial charge is 0.251 e.